The van der Waals surface area contributed by atoms with Crippen molar-refractivity contribution >= 4 is 27.9 Å². The highest BCUT2D eigenvalue weighted by Crippen LogP contribution is 2.34. The molecule has 6 rings (SSSR count). The Morgan fingerprint density at radius 3 is 2.43 bits per heavy atom. The maximum Gasteiger partial charge on any atom is 0.419 e. The largest absolute Gasteiger partial charge is 0.489 e. The molecule has 1 saturated carbocycles. The van der Waals surface area contributed by atoms with E-state index in [1.165, 1.54) is 0 Å². The van der Waals surface area contributed by atoms with Crippen molar-refractivity contribution in [2.24, 2.45) is 0 Å². The Kier molecular flexibility index (Phi) is 7.51. The molecular weight excluding hydrogens is 532 g/mol. The van der Waals surface area contributed by atoms with Gasteiger partial charge in [0.05, 0.1) is 17.2 Å². The third kappa shape index (κ3) is 5.92. The number of aryl methyl sites for hydroxylation is 1. The summed E-state index contributed by atoms with van der Waals surface area (Å²) in [4.78, 5) is 26.4. The van der Waals surface area contributed by atoms with Crippen LogP contribution >= 0.6 is 0 Å². The van der Waals surface area contributed by atoms with Gasteiger partial charge in [-0.1, -0.05) is 12.1 Å². The fraction of sp³-hybridized carbons (Fsp3) is 0.333. The van der Waals surface area contributed by atoms with Crippen LogP contribution in [0.1, 0.15) is 45.7 Å². The predicted molar refractivity (Wildman–Crippen MR) is 160 cm³/mol. The van der Waals surface area contributed by atoms with E-state index >= 15 is 0 Å². The molecule has 42 heavy (non-hydrogen) atoms. The van der Waals surface area contributed by atoms with Crippen LogP contribution in [0.2, 0.25) is 0 Å². The maximum absolute atomic E-state index is 13.2. The molecule has 1 aliphatic rings. The molecule has 0 amide bonds. The normalized spacial score (nSPS) is 16.8. The van der Waals surface area contributed by atoms with Crippen molar-refractivity contribution in [1.29, 1.82) is 0 Å². The minimum atomic E-state index is -0.624. The molecule has 0 bridgehead atoms. The molecule has 0 unspecified atom stereocenters. The third-order valence-corrected chi connectivity index (χ3v) is 7.24. The first-order chi connectivity index (χ1) is 20.3. The average molecular weight is 567 g/mol. The Hall–Kier alpha value is -4.50. The first-order valence-electron chi connectivity index (χ1n) is 14.2. The van der Waals surface area contributed by atoms with Gasteiger partial charge in [-0.3, -0.25) is 9.97 Å². The number of carbonyl (C=O) groups is 1. The quantitative estimate of drug-likeness (QED) is 0.232. The maximum atomic E-state index is 13.2. The molecule has 0 spiro atoms. The fourth-order valence-corrected chi connectivity index (χ4v) is 5.13. The number of aliphatic hydroxyl groups excluding tert-OH is 1. The van der Waals surface area contributed by atoms with Crippen molar-refractivity contribution in [1.82, 2.24) is 19.5 Å². The number of aliphatic hydroxyl groups is 1. The second-order valence-electron chi connectivity index (χ2n) is 11.6. The summed E-state index contributed by atoms with van der Waals surface area (Å²) in [6.45, 7) is 5.73. The summed E-state index contributed by atoms with van der Waals surface area (Å²) in [6, 6.07) is 15.6. The lowest BCUT2D eigenvalue weighted by molar-refractivity contribution is 0.00207. The third-order valence-electron chi connectivity index (χ3n) is 7.24. The van der Waals surface area contributed by atoms with Crippen molar-refractivity contribution in [3.63, 3.8) is 0 Å². The average Bonchev–Trinajstić information content (AvgIpc) is 3.29. The van der Waals surface area contributed by atoms with Crippen LogP contribution in [0.15, 0.2) is 73.3 Å². The van der Waals surface area contributed by atoms with Crippen molar-refractivity contribution in [3.8, 4) is 22.8 Å². The molecular formula is C33H34N4O5. The van der Waals surface area contributed by atoms with E-state index < -0.39 is 11.7 Å². The van der Waals surface area contributed by atoms with Crippen molar-refractivity contribution in [2.45, 2.75) is 64.3 Å². The number of hydrogen-bond donors (Lipinski definition) is 1. The number of fused-ring (bicyclic) bond motifs is 3. The molecule has 0 atom stereocenters. The van der Waals surface area contributed by atoms with Crippen molar-refractivity contribution in [2.75, 3.05) is 6.61 Å². The van der Waals surface area contributed by atoms with Gasteiger partial charge in [-0.05, 0) is 69.5 Å². The number of aromatic nitrogens is 4. The lowest BCUT2D eigenvalue weighted by atomic mass is 9.92. The van der Waals surface area contributed by atoms with Crippen LogP contribution in [-0.2, 0) is 11.2 Å². The van der Waals surface area contributed by atoms with Gasteiger partial charge in [0.2, 0.25) is 5.88 Å². The highest BCUT2D eigenvalue weighted by atomic mass is 16.6. The lowest BCUT2D eigenvalue weighted by Gasteiger charge is -2.34. The van der Waals surface area contributed by atoms with E-state index in [4.69, 9.17) is 19.3 Å². The van der Waals surface area contributed by atoms with E-state index in [2.05, 4.69) is 15.0 Å². The highest BCUT2D eigenvalue weighted by molar-refractivity contribution is 6.13. The molecule has 0 radical (unpaired) electrons. The molecule has 1 aromatic carbocycles. The zero-order valence-electron chi connectivity index (χ0n) is 24.0. The van der Waals surface area contributed by atoms with Gasteiger partial charge >= 0.3 is 6.09 Å². The van der Waals surface area contributed by atoms with Gasteiger partial charge in [0.15, 0.2) is 0 Å². The molecule has 9 nitrogen and oxygen atoms in total. The predicted octanol–water partition coefficient (Wildman–Crippen LogP) is 6.34. The lowest BCUT2D eigenvalue weighted by Crippen LogP contribution is -2.41. The van der Waals surface area contributed by atoms with Gasteiger partial charge in [0.25, 0.3) is 0 Å². The van der Waals surface area contributed by atoms with E-state index in [1.807, 2.05) is 69.3 Å². The summed E-state index contributed by atoms with van der Waals surface area (Å²) in [5.74, 6) is 1.31. The molecule has 1 aliphatic carbocycles. The van der Waals surface area contributed by atoms with Crippen LogP contribution in [0.5, 0.6) is 11.6 Å². The standard InChI is InChI=1S/C33H34N4O5/c1-33(2,3)42-32(39)37-29-12-13-34-20-28(29)27-10-6-21(15-30(27)37)22-7-11-31(36-18-22)41-26-16-25(17-26)40-24-9-8-23(35-19-24)5-4-14-38/h6-13,15,18-20,25-26,38H,4-5,14,16-17H2,1-3H3/t25-,26-. The molecule has 1 N–H and O–H groups in total. The van der Waals surface area contributed by atoms with Crippen molar-refractivity contribution < 1.29 is 24.1 Å². The summed E-state index contributed by atoms with van der Waals surface area (Å²) in [6.07, 6.45) is 9.68. The van der Waals surface area contributed by atoms with Gasteiger partial charge in [0.1, 0.15) is 23.6 Å². The zero-order chi connectivity index (χ0) is 29.3. The molecule has 4 aromatic heterocycles. The van der Waals surface area contributed by atoms with E-state index in [-0.39, 0.29) is 18.8 Å². The second-order valence-corrected chi connectivity index (χ2v) is 11.6. The summed E-state index contributed by atoms with van der Waals surface area (Å²) < 4.78 is 19.4. The van der Waals surface area contributed by atoms with E-state index in [1.54, 1.807) is 29.4 Å². The van der Waals surface area contributed by atoms with Crippen LogP contribution in [-0.4, -0.2) is 55.1 Å². The Morgan fingerprint density at radius 1 is 0.905 bits per heavy atom. The van der Waals surface area contributed by atoms with E-state index in [0.29, 0.717) is 12.3 Å². The summed E-state index contributed by atoms with van der Waals surface area (Å²) in [5.41, 5.74) is 3.66. The van der Waals surface area contributed by atoms with Gasteiger partial charge in [-0.15, -0.1) is 0 Å². The monoisotopic (exact) mass is 566 g/mol. The van der Waals surface area contributed by atoms with Gasteiger partial charge in [0, 0.05) is 66.1 Å². The molecule has 216 valence electrons. The Morgan fingerprint density at radius 2 is 1.71 bits per heavy atom. The zero-order valence-corrected chi connectivity index (χ0v) is 24.0. The fourth-order valence-electron chi connectivity index (χ4n) is 5.13. The number of carbonyl (C=O) groups excluding carboxylic acids is 1. The summed E-state index contributed by atoms with van der Waals surface area (Å²) in [5, 5.41) is 10.8. The van der Waals surface area contributed by atoms with Crippen LogP contribution in [0, 0.1) is 0 Å². The smallest absolute Gasteiger partial charge is 0.419 e. The van der Waals surface area contributed by atoms with E-state index in [9.17, 15) is 4.79 Å². The van der Waals surface area contributed by atoms with Crippen molar-refractivity contribution in [3.05, 3.63) is 79.0 Å². The Labute approximate surface area is 244 Å². The molecule has 1 fully saturated rings. The summed E-state index contributed by atoms with van der Waals surface area (Å²) in [7, 11) is 0. The minimum absolute atomic E-state index is 0.0413. The molecule has 0 saturated heterocycles. The molecule has 9 heteroatoms. The Bertz CT molecular complexity index is 1700. The SMILES string of the molecule is CC(C)(C)OC(=O)n1c2ccncc2c2ccc(-c3ccc(O[C@H]4C[C@H](Oc5ccc(CCCO)nc5)C4)nc3)cc21. The number of nitrogens with zero attached hydrogens (tertiary/aromatic N) is 4. The molecule has 5 aromatic rings. The first kappa shape index (κ1) is 27.7. The number of pyridine rings is 3. The molecule has 4 heterocycles. The summed E-state index contributed by atoms with van der Waals surface area (Å²) >= 11 is 0. The minimum Gasteiger partial charge on any atom is -0.489 e. The van der Waals surface area contributed by atoms with Gasteiger partial charge in [-0.25, -0.2) is 14.3 Å². The second kappa shape index (κ2) is 11.4. The number of rotatable bonds is 8. The molecule has 0 aliphatic heterocycles. The number of benzene rings is 1. The van der Waals surface area contributed by atoms with E-state index in [0.717, 1.165) is 63.6 Å². The van der Waals surface area contributed by atoms with Crippen LogP contribution in [0.25, 0.3) is 32.9 Å². The number of ether oxygens (including phenoxy) is 3. The van der Waals surface area contributed by atoms with Crippen LogP contribution < -0.4 is 9.47 Å². The van der Waals surface area contributed by atoms with Crippen LogP contribution in [0.4, 0.5) is 4.79 Å². The Balaban J connectivity index is 1.12. The van der Waals surface area contributed by atoms with Crippen LogP contribution in [0.3, 0.4) is 0 Å². The first-order valence-corrected chi connectivity index (χ1v) is 14.2. The highest BCUT2D eigenvalue weighted by Gasteiger charge is 2.33. The van der Waals surface area contributed by atoms with Gasteiger partial charge in [-0.2, -0.15) is 0 Å². The topological polar surface area (TPSA) is 109 Å². The number of hydrogen-bond acceptors (Lipinski definition) is 8. The van der Waals surface area contributed by atoms with Gasteiger partial charge < -0.3 is 19.3 Å².